The smallest absolute Gasteiger partial charge is 0.407 e. The molecule has 23 heavy (non-hydrogen) atoms. The minimum atomic E-state index is -0.731. The zero-order valence-electron chi connectivity index (χ0n) is 13.5. The number of carbonyl (C=O) groups is 3. The molecule has 0 aromatic heterocycles. The normalized spacial score (nSPS) is 11.4. The van der Waals surface area contributed by atoms with E-state index in [4.69, 9.17) is 9.47 Å². The van der Waals surface area contributed by atoms with Gasteiger partial charge in [-0.3, -0.25) is 9.59 Å². The Morgan fingerprint density at radius 1 is 1.00 bits per heavy atom. The molecule has 6 heteroatoms. The summed E-state index contributed by atoms with van der Waals surface area (Å²) in [6.07, 6.45) is -0.273. The third kappa shape index (κ3) is 7.44. The maximum absolute atomic E-state index is 12.3. The van der Waals surface area contributed by atoms with E-state index in [1.165, 1.54) is 0 Å². The van der Waals surface area contributed by atoms with Crippen LogP contribution < -0.4 is 5.32 Å². The van der Waals surface area contributed by atoms with Crippen LogP contribution in [0.15, 0.2) is 30.3 Å². The predicted molar refractivity (Wildman–Crippen MR) is 85.0 cm³/mol. The zero-order chi connectivity index (χ0) is 17.1. The van der Waals surface area contributed by atoms with Crippen LogP contribution in [0.4, 0.5) is 4.79 Å². The summed E-state index contributed by atoms with van der Waals surface area (Å²) in [5.74, 6) is -0.648. The van der Waals surface area contributed by atoms with E-state index in [9.17, 15) is 14.4 Å². The Morgan fingerprint density at radius 3 is 2.26 bits per heavy atom. The molecule has 0 spiro atoms. The number of alkyl carbamates (subject to hydrolysis) is 1. The van der Waals surface area contributed by atoms with E-state index < -0.39 is 18.1 Å². The van der Waals surface area contributed by atoms with Gasteiger partial charge < -0.3 is 14.8 Å². The average molecular weight is 321 g/mol. The van der Waals surface area contributed by atoms with Crippen LogP contribution in [0.1, 0.15) is 32.3 Å². The van der Waals surface area contributed by atoms with Crippen LogP contribution in [-0.2, 0) is 25.5 Å². The van der Waals surface area contributed by atoms with Crippen LogP contribution >= 0.6 is 0 Å². The molecule has 1 atom stereocenters. The molecule has 126 valence electrons. The molecule has 0 unspecified atom stereocenters. The lowest BCUT2D eigenvalue weighted by molar-refractivity contribution is -0.144. The van der Waals surface area contributed by atoms with Gasteiger partial charge in [0.25, 0.3) is 0 Å². The number of esters is 1. The highest BCUT2D eigenvalue weighted by Crippen LogP contribution is 2.07. The summed E-state index contributed by atoms with van der Waals surface area (Å²) in [7, 11) is 0. The number of Topliss-reactive ketones (excluding diaryl/α,β-unsaturated/α-hetero) is 1. The van der Waals surface area contributed by atoms with Crippen molar-refractivity contribution in [1.82, 2.24) is 5.32 Å². The van der Waals surface area contributed by atoms with Crippen molar-refractivity contribution in [2.45, 2.75) is 39.2 Å². The van der Waals surface area contributed by atoms with Gasteiger partial charge in [0.2, 0.25) is 0 Å². The summed E-state index contributed by atoms with van der Waals surface area (Å²) in [5, 5.41) is 2.56. The third-order valence-electron chi connectivity index (χ3n) is 3.12. The molecule has 0 heterocycles. The molecule has 1 aromatic carbocycles. The van der Waals surface area contributed by atoms with Gasteiger partial charge in [-0.2, -0.15) is 0 Å². The Hall–Kier alpha value is -2.37. The SMILES string of the molecule is CCOC(=O)CCC(=O)[C@H](Cc1ccccc1)NC(=O)OCC. The first-order valence-electron chi connectivity index (χ1n) is 7.72. The molecule has 1 aromatic rings. The molecule has 1 N–H and O–H groups in total. The number of ketones is 1. The molecule has 0 saturated heterocycles. The maximum atomic E-state index is 12.3. The van der Waals surface area contributed by atoms with Crippen LogP contribution in [0, 0.1) is 0 Å². The molecule has 0 saturated carbocycles. The van der Waals surface area contributed by atoms with Crippen molar-refractivity contribution >= 4 is 17.8 Å². The first-order valence-corrected chi connectivity index (χ1v) is 7.72. The summed E-state index contributed by atoms with van der Waals surface area (Å²) < 4.78 is 9.64. The Labute approximate surface area is 136 Å². The van der Waals surface area contributed by atoms with Crippen LogP contribution in [0.3, 0.4) is 0 Å². The van der Waals surface area contributed by atoms with Crippen LogP contribution in [0.2, 0.25) is 0 Å². The molecule has 0 aliphatic heterocycles. The summed E-state index contributed by atoms with van der Waals surface area (Å²) in [4.78, 5) is 35.3. The van der Waals surface area contributed by atoms with E-state index in [1.807, 2.05) is 30.3 Å². The highest BCUT2D eigenvalue weighted by atomic mass is 16.5. The number of rotatable bonds is 9. The van der Waals surface area contributed by atoms with Crippen LogP contribution in [-0.4, -0.2) is 37.1 Å². The van der Waals surface area contributed by atoms with E-state index in [2.05, 4.69) is 5.32 Å². The number of ether oxygens (including phenoxy) is 2. The molecule has 6 nitrogen and oxygen atoms in total. The molecule has 0 radical (unpaired) electrons. The first-order chi connectivity index (χ1) is 11.1. The quantitative estimate of drug-likeness (QED) is 0.706. The van der Waals surface area contributed by atoms with E-state index >= 15 is 0 Å². The molecule has 0 bridgehead atoms. The van der Waals surface area contributed by atoms with Crippen LogP contribution in [0.5, 0.6) is 0 Å². The second-order valence-electron chi connectivity index (χ2n) is 4.88. The van der Waals surface area contributed by atoms with Crippen molar-refractivity contribution in [3.8, 4) is 0 Å². The van der Waals surface area contributed by atoms with Gasteiger partial charge in [0.15, 0.2) is 5.78 Å². The number of carbonyl (C=O) groups excluding carboxylic acids is 3. The fourth-order valence-corrected chi connectivity index (χ4v) is 2.04. The molecule has 1 amide bonds. The predicted octanol–water partition coefficient (Wildman–Crippen LogP) is 2.26. The number of amides is 1. The van der Waals surface area contributed by atoms with E-state index in [-0.39, 0.29) is 31.8 Å². The van der Waals surface area contributed by atoms with Gasteiger partial charge in [-0.15, -0.1) is 0 Å². The summed E-state index contributed by atoms with van der Waals surface area (Å²) >= 11 is 0. The Bertz CT molecular complexity index is 515. The molecular weight excluding hydrogens is 298 g/mol. The monoisotopic (exact) mass is 321 g/mol. The second kappa shape index (κ2) is 10.4. The van der Waals surface area contributed by atoms with Gasteiger partial charge in [-0.25, -0.2) is 4.79 Å². The standard InChI is InChI=1S/C17H23NO5/c1-3-22-16(20)11-10-15(19)14(18-17(21)23-4-2)12-13-8-6-5-7-9-13/h5-9,14H,3-4,10-12H2,1-2H3,(H,18,21)/t14-/m0/s1. The Kier molecular flexibility index (Phi) is 8.42. The molecular formula is C17H23NO5. The lowest BCUT2D eigenvalue weighted by atomic mass is 10.00. The highest BCUT2D eigenvalue weighted by molar-refractivity contribution is 5.89. The molecule has 0 aliphatic carbocycles. The van der Waals surface area contributed by atoms with Gasteiger partial charge >= 0.3 is 12.1 Å². The third-order valence-corrected chi connectivity index (χ3v) is 3.12. The fraction of sp³-hybridized carbons (Fsp3) is 0.471. The average Bonchev–Trinajstić information content (AvgIpc) is 2.53. The van der Waals surface area contributed by atoms with E-state index in [0.29, 0.717) is 6.42 Å². The van der Waals surface area contributed by atoms with Gasteiger partial charge in [0.1, 0.15) is 0 Å². The van der Waals surface area contributed by atoms with E-state index in [1.54, 1.807) is 13.8 Å². The van der Waals surface area contributed by atoms with Gasteiger partial charge in [0.05, 0.1) is 25.7 Å². The summed E-state index contributed by atoms with van der Waals surface area (Å²) in [5.41, 5.74) is 0.916. The minimum Gasteiger partial charge on any atom is -0.466 e. The lowest BCUT2D eigenvalue weighted by Gasteiger charge is -2.17. The minimum absolute atomic E-state index is 0.00245. The van der Waals surface area contributed by atoms with Crippen molar-refractivity contribution in [3.63, 3.8) is 0 Å². The number of nitrogens with one attached hydrogen (secondary N) is 1. The second-order valence-corrected chi connectivity index (χ2v) is 4.88. The van der Waals surface area contributed by atoms with Crippen LogP contribution in [0.25, 0.3) is 0 Å². The Balaban J connectivity index is 2.67. The largest absolute Gasteiger partial charge is 0.466 e. The molecule has 0 aliphatic rings. The van der Waals surface area contributed by atoms with Crippen molar-refractivity contribution in [2.75, 3.05) is 13.2 Å². The topological polar surface area (TPSA) is 81.7 Å². The van der Waals surface area contributed by atoms with Gasteiger partial charge in [-0.1, -0.05) is 30.3 Å². The van der Waals surface area contributed by atoms with Gasteiger partial charge in [-0.05, 0) is 25.8 Å². The molecule has 0 fully saturated rings. The van der Waals surface area contributed by atoms with Crippen molar-refractivity contribution in [3.05, 3.63) is 35.9 Å². The Morgan fingerprint density at radius 2 is 1.65 bits per heavy atom. The number of hydrogen-bond acceptors (Lipinski definition) is 5. The van der Waals surface area contributed by atoms with Crippen molar-refractivity contribution in [2.24, 2.45) is 0 Å². The van der Waals surface area contributed by atoms with Gasteiger partial charge in [0, 0.05) is 6.42 Å². The first kappa shape index (κ1) is 18.7. The number of benzene rings is 1. The van der Waals surface area contributed by atoms with Crippen molar-refractivity contribution < 1.29 is 23.9 Å². The fourth-order valence-electron chi connectivity index (χ4n) is 2.04. The van der Waals surface area contributed by atoms with E-state index in [0.717, 1.165) is 5.56 Å². The van der Waals surface area contributed by atoms with Crippen molar-refractivity contribution in [1.29, 1.82) is 0 Å². The zero-order valence-corrected chi connectivity index (χ0v) is 13.5. The maximum Gasteiger partial charge on any atom is 0.407 e. The summed E-state index contributed by atoms with van der Waals surface area (Å²) in [6.45, 7) is 3.90. The number of hydrogen-bond donors (Lipinski definition) is 1. The lowest BCUT2D eigenvalue weighted by Crippen LogP contribution is -2.42. The summed E-state index contributed by atoms with van der Waals surface area (Å²) in [6, 6.07) is 8.61. The molecule has 1 rings (SSSR count). The highest BCUT2D eigenvalue weighted by Gasteiger charge is 2.22.